The van der Waals surface area contributed by atoms with Crippen LogP contribution in [0.3, 0.4) is 0 Å². The maximum absolute atomic E-state index is 12.6. The molecule has 3 N–H and O–H groups in total. The molecule has 3 heterocycles. The first-order valence-electron chi connectivity index (χ1n) is 13.0. The van der Waals surface area contributed by atoms with Gasteiger partial charge in [-0.1, -0.05) is 39.0 Å². The molecule has 0 spiro atoms. The molecule has 0 unspecified atom stereocenters. The number of carboxylic acid groups (broad SMARTS) is 1. The van der Waals surface area contributed by atoms with E-state index in [2.05, 4.69) is 15.6 Å². The van der Waals surface area contributed by atoms with Gasteiger partial charge in [0.15, 0.2) is 5.11 Å². The second kappa shape index (κ2) is 11.1. The predicted octanol–water partition coefficient (Wildman–Crippen LogP) is 6.21. The summed E-state index contributed by atoms with van der Waals surface area (Å²) in [6, 6.07) is 20.7. The van der Waals surface area contributed by atoms with Gasteiger partial charge in [-0.25, -0.2) is 4.79 Å². The van der Waals surface area contributed by atoms with Crippen LogP contribution >= 0.6 is 12.2 Å². The topological polar surface area (TPSA) is 117 Å². The number of hydrogen-bond acceptors (Lipinski definition) is 6. The number of carbonyl (C=O) groups is 2. The number of furan rings is 1. The van der Waals surface area contributed by atoms with Crippen LogP contribution in [0.4, 0.5) is 11.4 Å². The van der Waals surface area contributed by atoms with Crippen LogP contribution in [0.1, 0.15) is 54.7 Å². The quantitative estimate of drug-likeness (QED) is 0.223. The molecule has 0 radical (unpaired) electrons. The van der Waals surface area contributed by atoms with Gasteiger partial charge in [0.2, 0.25) is 5.91 Å². The normalized spacial score (nSPS) is 16.8. The first-order valence-corrected chi connectivity index (χ1v) is 13.4. The van der Waals surface area contributed by atoms with Crippen molar-refractivity contribution in [3.05, 3.63) is 96.0 Å². The van der Waals surface area contributed by atoms with Crippen molar-refractivity contribution in [2.75, 3.05) is 17.3 Å². The summed E-state index contributed by atoms with van der Waals surface area (Å²) < 4.78 is 12.0. The number of aromatic carboxylic acids is 1. The van der Waals surface area contributed by atoms with Crippen LogP contribution < -0.4 is 20.3 Å². The number of methoxy groups -OCH3 is 1. The molecule has 210 valence electrons. The summed E-state index contributed by atoms with van der Waals surface area (Å²) in [5.41, 5.74) is 2.44. The Morgan fingerprint density at radius 3 is 2.46 bits per heavy atom. The fourth-order valence-electron chi connectivity index (χ4n) is 4.61. The number of ether oxygens (including phenoxy) is 1. The minimum atomic E-state index is -0.990. The van der Waals surface area contributed by atoms with E-state index in [9.17, 15) is 14.7 Å². The number of hydrogen-bond donors (Lipinski definition) is 3. The molecule has 1 fully saturated rings. The molecular formula is C31H30N4O5S. The van der Waals surface area contributed by atoms with Crippen molar-refractivity contribution < 1.29 is 23.8 Å². The number of nitrogens with one attached hydrogen (secondary N) is 2. The van der Waals surface area contributed by atoms with Crippen molar-refractivity contribution in [3.8, 4) is 17.1 Å². The third-order valence-electron chi connectivity index (χ3n) is 6.83. The number of rotatable bonds is 7. The maximum atomic E-state index is 12.6. The Labute approximate surface area is 243 Å². The molecule has 2 aromatic heterocycles. The van der Waals surface area contributed by atoms with Crippen LogP contribution in [0.25, 0.3) is 11.3 Å². The van der Waals surface area contributed by atoms with E-state index in [1.807, 2.05) is 68.1 Å². The molecule has 41 heavy (non-hydrogen) atoms. The Hall–Kier alpha value is -4.70. The van der Waals surface area contributed by atoms with Crippen LogP contribution in [-0.4, -0.2) is 34.2 Å². The number of pyridine rings is 1. The van der Waals surface area contributed by atoms with Crippen molar-refractivity contribution >= 4 is 40.6 Å². The van der Waals surface area contributed by atoms with Gasteiger partial charge < -0.3 is 29.8 Å². The molecule has 1 aliphatic rings. The van der Waals surface area contributed by atoms with Crippen LogP contribution in [0.15, 0.2) is 83.4 Å². The molecule has 5 rings (SSSR count). The highest BCUT2D eigenvalue weighted by Crippen LogP contribution is 2.44. The lowest BCUT2D eigenvalue weighted by Crippen LogP contribution is -2.30. The molecule has 10 heteroatoms. The molecular weight excluding hydrogens is 540 g/mol. The van der Waals surface area contributed by atoms with Crippen molar-refractivity contribution in [2.24, 2.45) is 5.41 Å². The number of amides is 1. The van der Waals surface area contributed by atoms with Crippen LogP contribution in [-0.2, 0) is 4.79 Å². The lowest BCUT2D eigenvalue weighted by atomic mass is 9.95. The summed E-state index contributed by atoms with van der Waals surface area (Å²) in [6.45, 7) is 5.54. The van der Waals surface area contributed by atoms with Crippen molar-refractivity contribution in [1.82, 2.24) is 10.3 Å². The van der Waals surface area contributed by atoms with E-state index in [1.165, 1.54) is 0 Å². The Bertz CT molecular complexity index is 1590. The molecule has 1 saturated heterocycles. The standard InChI is InChI=1S/C31H30N4O5S/c1-31(2,3)29(38)33-21-13-12-20(17-25(21)39-4)35-27(26(34-30(35)41)22-7-5-6-16-32-22)24-15-14-23(40-24)18-8-10-19(11-9-18)28(36)37/h5-17,26-27H,1-4H3,(H,33,38)(H,34,41)(H,36,37)/t26-,27-/m0/s1. The zero-order valence-electron chi connectivity index (χ0n) is 23.0. The highest BCUT2D eigenvalue weighted by atomic mass is 32.1. The Morgan fingerprint density at radius 1 is 1.07 bits per heavy atom. The zero-order valence-corrected chi connectivity index (χ0v) is 23.9. The highest BCUT2D eigenvalue weighted by molar-refractivity contribution is 7.80. The third kappa shape index (κ3) is 5.64. The predicted molar refractivity (Wildman–Crippen MR) is 160 cm³/mol. The van der Waals surface area contributed by atoms with E-state index in [1.54, 1.807) is 43.6 Å². The van der Waals surface area contributed by atoms with E-state index >= 15 is 0 Å². The minimum Gasteiger partial charge on any atom is -0.494 e. The summed E-state index contributed by atoms with van der Waals surface area (Å²) in [5, 5.41) is 16.1. The van der Waals surface area contributed by atoms with Gasteiger partial charge in [0, 0.05) is 28.9 Å². The van der Waals surface area contributed by atoms with Crippen LogP contribution in [0, 0.1) is 5.41 Å². The number of carboxylic acids is 1. The molecule has 1 aliphatic heterocycles. The molecule has 2 aromatic carbocycles. The average molecular weight is 571 g/mol. The Balaban J connectivity index is 1.54. The van der Waals surface area contributed by atoms with Gasteiger partial charge in [-0.05, 0) is 60.7 Å². The average Bonchev–Trinajstić information content (AvgIpc) is 3.58. The molecule has 9 nitrogen and oxygen atoms in total. The van der Waals surface area contributed by atoms with Crippen molar-refractivity contribution in [3.63, 3.8) is 0 Å². The number of carbonyl (C=O) groups excluding carboxylic acids is 1. The maximum Gasteiger partial charge on any atom is 0.335 e. The van der Waals surface area contributed by atoms with Gasteiger partial charge in [-0.3, -0.25) is 9.78 Å². The highest BCUT2D eigenvalue weighted by Gasteiger charge is 2.43. The number of aromatic nitrogens is 1. The van der Waals surface area contributed by atoms with Crippen LogP contribution in [0.2, 0.25) is 0 Å². The first kappa shape index (κ1) is 27.9. The lowest BCUT2D eigenvalue weighted by molar-refractivity contribution is -0.123. The minimum absolute atomic E-state index is 0.130. The molecule has 4 aromatic rings. The van der Waals surface area contributed by atoms with Gasteiger partial charge in [0.1, 0.15) is 23.3 Å². The third-order valence-corrected chi connectivity index (χ3v) is 7.14. The molecule has 0 bridgehead atoms. The monoisotopic (exact) mass is 570 g/mol. The molecule has 1 amide bonds. The van der Waals surface area contributed by atoms with Gasteiger partial charge in [0.05, 0.1) is 30.1 Å². The van der Waals surface area contributed by atoms with Gasteiger partial charge in [-0.15, -0.1) is 0 Å². The van der Waals surface area contributed by atoms with Gasteiger partial charge in [-0.2, -0.15) is 0 Å². The van der Waals surface area contributed by atoms with E-state index < -0.39 is 17.4 Å². The number of benzene rings is 2. The van der Waals surface area contributed by atoms with E-state index in [0.717, 1.165) is 16.9 Å². The van der Waals surface area contributed by atoms with Gasteiger partial charge >= 0.3 is 5.97 Å². The van der Waals surface area contributed by atoms with E-state index in [0.29, 0.717) is 28.1 Å². The first-order chi connectivity index (χ1) is 19.6. The molecule has 2 atom stereocenters. The largest absolute Gasteiger partial charge is 0.494 e. The summed E-state index contributed by atoms with van der Waals surface area (Å²) in [4.78, 5) is 30.4. The summed E-state index contributed by atoms with van der Waals surface area (Å²) >= 11 is 5.83. The fraction of sp³-hybridized carbons (Fsp3) is 0.226. The van der Waals surface area contributed by atoms with E-state index in [4.69, 9.17) is 21.4 Å². The van der Waals surface area contributed by atoms with Gasteiger partial charge in [0.25, 0.3) is 0 Å². The zero-order chi connectivity index (χ0) is 29.3. The number of thiocarbonyl (C=S) groups is 1. The van der Waals surface area contributed by atoms with Crippen molar-refractivity contribution in [1.29, 1.82) is 0 Å². The SMILES string of the molecule is COc1cc(N2C(=S)N[C@@H](c3ccccn3)[C@@H]2c2ccc(-c3ccc(C(=O)O)cc3)o2)ccc1NC(=O)C(C)(C)C. The Morgan fingerprint density at radius 2 is 1.83 bits per heavy atom. The molecule has 0 saturated carbocycles. The second-order valence-corrected chi connectivity index (χ2v) is 11.1. The Kier molecular flexibility index (Phi) is 7.51. The lowest BCUT2D eigenvalue weighted by Gasteiger charge is -2.27. The fourth-order valence-corrected chi connectivity index (χ4v) is 4.95. The number of nitrogens with zero attached hydrogens (tertiary/aromatic N) is 2. The molecule has 0 aliphatic carbocycles. The van der Waals surface area contributed by atoms with Crippen LogP contribution in [0.5, 0.6) is 5.75 Å². The summed E-state index contributed by atoms with van der Waals surface area (Å²) in [5.74, 6) is 0.591. The second-order valence-electron chi connectivity index (χ2n) is 10.7. The smallest absolute Gasteiger partial charge is 0.335 e. The number of anilines is 2. The van der Waals surface area contributed by atoms with E-state index in [-0.39, 0.29) is 17.5 Å². The van der Waals surface area contributed by atoms with Crippen molar-refractivity contribution in [2.45, 2.75) is 32.9 Å². The summed E-state index contributed by atoms with van der Waals surface area (Å²) in [7, 11) is 1.55. The summed E-state index contributed by atoms with van der Waals surface area (Å²) in [6.07, 6.45) is 1.73.